The van der Waals surface area contributed by atoms with Crippen LogP contribution in [0.4, 0.5) is 0 Å². The zero-order chi connectivity index (χ0) is 14.2. The Labute approximate surface area is 114 Å². The summed E-state index contributed by atoms with van der Waals surface area (Å²) in [5, 5.41) is 13.8. The molecule has 1 aromatic rings. The molecule has 1 atom stereocenters. The summed E-state index contributed by atoms with van der Waals surface area (Å²) in [5.74, 6) is -0.683. The highest BCUT2D eigenvalue weighted by molar-refractivity contribution is 5.74. The lowest BCUT2D eigenvalue weighted by Gasteiger charge is -2.37. The Morgan fingerprint density at radius 2 is 2.16 bits per heavy atom. The molecule has 0 saturated carbocycles. The normalized spacial score (nSPS) is 24.6. The average Bonchev–Trinajstić information content (AvgIpc) is 2.56. The van der Waals surface area contributed by atoms with Crippen LogP contribution in [0.3, 0.4) is 0 Å². The van der Waals surface area contributed by atoms with Gasteiger partial charge in [0, 0.05) is 31.4 Å². The van der Waals surface area contributed by atoms with Crippen LogP contribution in [0.2, 0.25) is 0 Å². The SMILES string of the molecule is Cc1nn(C)c(C)c1CN1CCCC(C)(C(=O)O)C1. The van der Waals surface area contributed by atoms with E-state index in [9.17, 15) is 9.90 Å². The van der Waals surface area contributed by atoms with Gasteiger partial charge in [-0.15, -0.1) is 0 Å². The number of hydrogen-bond donors (Lipinski definition) is 1. The number of aromatic nitrogens is 2. The maximum absolute atomic E-state index is 11.4. The number of piperidine rings is 1. The van der Waals surface area contributed by atoms with E-state index < -0.39 is 11.4 Å². The zero-order valence-electron chi connectivity index (χ0n) is 12.2. The van der Waals surface area contributed by atoms with Crippen LogP contribution in [0.1, 0.15) is 36.7 Å². The van der Waals surface area contributed by atoms with Gasteiger partial charge in [-0.1, -0.05) is 0 Å². The second-order valence-corrected chi connectivity index (χ2v) is 5.95. The minimum absolute atomic E-state index is 0.609. The Morgan fingerprint density at radius 1 is 1.47 bits per heavy atom. The van der Waals surface area contributed by atoms with E-state index in [1.807, 2.05) is 25.6 Å². The van der Waals surface area contributed by atoms with Crippen LogP contribution in [0.25, 0.3) is 0 Å². The standard InChI is InChI=1S/C14H23N3O2/c1-10-12(11(2)16(4)15-10)8-17-7-5-6-14(3,9-17)13(18)19/h5-9H2,1-4H3,(H,18,19). The van der Waals surface area contributed by atoms with Crippen molar-refractivity contribution < 1.29 is 9.90 Å². The number of rotatable bonds is 3. The van der Waals surface area contributed by atoms with Crippen molar-refractivity contribution in [2.75, 3.05) is 13.1 Å². The van der Waals surface area contributed by atoms with E-state index in [0.717, 1.165) is 31.6 Å². The molecule has 0 aliphatic carbocycles. The molecule has 1 aromatic heterocycles. The van der Waals surface area contributed by atoms with Gasteiger partial charge in [0.05, 0.1) is 11.1 Å². The molecule has 106 valence electrons. The fourth-order valence-electron chi connectivity index (χ4n) is 2.92. The monoisotopic (exact) mass is 265 g/mol. The van der Waals surface area contributed by atoms with Crippen LogP contribution in [0, 0.1) is 19.3 Å². The Balaban J connectivity index is 2.13. The van der Waals surface area contributed by atoms with Crippen molar-refractivity contribution in [1.82, 2.24) is 14.7 Å². The molecule has 1 saturated heterocycles. The van der Waals surface area contributed by atoms with E-state index in [4.69, 9.17) is 0 Å². The van der Waals surface area contributed by atoms with Crippen LogP contribution in [-0.2, 0) is 18.4 Å². The van der Waals surface area contributed by atoms with Crippen LogP contribution in [0.5, 0.6) is 0 Å². The maximum Gasteiger partial charge on any atom is 0.310 e. The van der Waals surface area contributed by atoms with Crippen LogP contribution in [-0.4, -0.2) is 38.8 Å². The highest BCUT2D eigenvalue weighted by Gasteiger charge is 2.38. The summed E-state index contributed by atoms with van der Waals surface area (Å²) in [6.45, 7) is 8.32. The number of hydrogen-bond acceptors (Lipinski definition) is 3. The third kappa shape index (κ3) is 2.66. The minimum Gasteiger partial charge on any atom is -0.481 e. The number of aliphatic carboxylic acids is 1. The third-order valence-electron chi connectivity index (χ3n) is 4.33. The van der Waals surface area contributed by atoms with Gasteiger partial charge in [0.1, 0.15) is 0 Å². The Kier molecular flexibility index (Phi) is 3.67. The highest BCUT2D eigenvalue weighted by atomic mass is 16.4. The fourth-order valence-corrected chi connectivity index (χ4v) is 2.92. The minimum atomic E-state index is -0.683. The molecule has 1 aliphatic heterocycles. The van der Waals surface area contributed by atoms with E-state index >= 15 is 0 Å². The van der Waals surface area contributed by atoms with Gasteiger partial charge in [0.25, 0.3) is 0 Å². The van der Waals surface area contributed by atoms with Crippen molar-refractivity contribution in [3.8, 4) is 0 Å². The highest BCUT2D eigenvalue weighted by Crippen LogP contribution is 2.31. The van der Waals surface area contributed by atoms with Gasteiger partial charge in [0.2, 0.25) is 0 Å². The number of nitrogens with zero attached hydrogens (tertiary/aromatic N) is 3. The number of likely N-dealkylation sites (tertiary alicyclic amines) is 1. The summed E-state index contributed by atoms with van der Waals surface area (Å²) in [5.41, 5.74) is 2.84. The second kappa shape index (κ2) is 4.96. The fraction of sp³-hybridized carbons (Fsp3) is 0.714. The Morgan fingerprint density at radius 3 is 2.68 bits per heavy atom. The van der Waals surface area contributed by atoms with Crippen LogP contribution < -0.4 is 0 Å². The predicted molar refractivity (Wildman–Crippen MR) is 72.9 cm³/mol. The number of carboxylic acids is 1. The molecule has 1 unspecified atom stereocenters. The molecule has 5 heteroatoms. The maximum atomic E-state index is 11.4. The molecule has 1 fully saturated rings. The van der Waals surface area contributed by atoms with Crippen molar-refractivity contribution in [2.45, 2.75) is 40.2 Å². The zero-order valence-corrected chi connectivity index (χ0v) is 12.2. The average molecular weight is 265 g/mol. The Bertz CT molecular complexity index is 495. The van der Waals surface area contributed by atoms with E-state index in [1.165, 1.54) is 11.3 Å². The molecule has 0 bridgehead atoms. The smallest absolute Gasteiger partial charge is 0.310 e. The third-order valence-corrected chi connectivity index (χ3v) is 4.33. The summed E-state index contributed by atoms with van der Waals surface area (Å²) >= 11 is 0. The van der Waals surface area contributed by atoms with Crippen molar-refractivity contribution >= 4 is 5.97 Å². The largest absolute Gasteiger partial charge is 0.481 e. The molecule has 0 spiro atoms. The molecule has 1 N–H and O–H groups in total. The van der Waals surface area contributed by atoms with Gasteiger partial charge in [0.15, 0.2) is 0 Å². The van der Waals surface area contributed by atoms with E-state index in [-0.39, 0.29) is 0 Å². The summed E-state index contributed by atoms with van der Waals surface area (Å²) in [6.07, 6.45) is 1.71. The Hall–Kier alpha value is -1.36. The molecule has 0 amide bonds. The van der Waals surface area contributed by atoms with E-state index in [1.54, 1.807) is 0 Å². The molecule has 0 aromatic carbocycles. The number of carbonyl (C=O) groups is 1. The molecule has 19 heavy (non-hydrogen) atoms. The van der Waals surface area contributed by atoms with Gasteiger partial charge in [-0.2, -0.15) is 5.10 Å². The van der Waals surface area contributed by atoms with E-state index in [0.29, 0.717) is 6.54 Å². The van der Waals surface area contributed by atoms with Crippen molar-refractivity contribution in [3.63, 3.8) is 0 Å². The van der Waals surface area contributed by atoms with E-state index in [2.05, 4.69) is 16.9 Å². The van der Waals surface area contributed by atoms with Gasteiger partial charge in [-0.05, 0) is 40.2 Å². The number of carboxylic acid groups (broad SMARTS) is 1. The molecular weight excluding hydrogens is 242 g/mol. The molecule has 5 nitrogen and oxygen atoms in total. The summed E-state index contributed by atoms with van der Waals surface area (Å²) < 4.78 is 1.89. The first-order chi connectivity index (χ1) is 8.83. The van der Waals surface area contributed by atoms with Gasteiger partial charge in [-0.3, -0.25) is 14.4 Å². The van der Waals surface area contributed by atoms with Crippen molar-refractivity contribution in [1.29, 1.82) is 0 Å². The summed E-state index contributed by atoms with van der Waals surface area (Å²) in [6, 6.07) is 0. The summed E-state index contributed by atoms with van der Waals surface area (Å²) in [4.78, 5) is 13.6. The van der Waals surface area contributed by atoms with Crippen LogP contribution >= 0.6 is 0 Å². The van der Waals surface area contributed by atoms with Crippen molar-refractivity contribution in [3.05, 3.63) is 17.0 Å². The van der Waals surface area contributed by atoms with Crippen molar-refractivity contribution in [2.24, 2.45) is 12.5 Å². The number of aryl methyl sites for hydroxylation is 2. The lowest BCUT2D eigenvalue weighted by molar-refractivity contribution is -0.151. The lowest BCUT2D eigenvalue weighted by atomic mass is 9.82. The topological polar surface area (TPSA) is 58.4 Å². The summed E-state index contributed by atoms with van der Waals surface area (Å²) in [7, 11) is 1.95. The first-order valence-corrected chi connectivity index (χ1v) is 6.78. The van der Waals surface area contributed by atoms with Gasteiger partial charge < -0.3 is 5.11 Å². The molecule has 0 radical (unpaired) electrons. The molecule has 2 rings (SSSR count). The lowest BCUT2D eigenvalue weighted by Crippen LogP contribution is -2.45. The predicted octanol–water partition coefficient (Wildman–Crippen LogP) is 1.72. The first kappa shape index (κ1) is 14.1. The molecule has 1 aliphatic rings. The first-order valence-electron chi connectivity index (χ1n) is 6.78. The van der Waals surface area contributed by atoms with Gasteiger partial charge >= 0.3 is 5.97 Å². The van der Waals surface area contributed by atoms with Gasteiger partial charge in [-0.25, -0.2) is 0 Å². The van der Waals surface area contributed by atoms with Crippen LogP contribution in [0.15, 0.2) is 0 Å². The quantitative estimate of drug-likeness (QED) is 0.904. The second-order valence-electron chi connectivity index (χ2n) is 5.95. The molecular formula is C14H23N3O2. The molecule has 2 heterocycles.